The molecule has 5 heteroatoms. The van der Waals surface area contributed by atoms with Crippen molar-refractivity contribution >= 4 is 44.3 Å². The van der Waals surface area contributed by atoms with Crippen LogP contribution in [0.1, 0.15) is 10.6 Å². The molecule has 3 nitrogen and oxygen atoms in total. The van der Waals surface area contributed by atoms with E-state index in [4.69, 9.17) is 11.6 Å². The van der Waals surface area contributed by atoms with Crippen molar-refractivity contribution in [3.05, 3.63) is 47.2 Å². The van der Waals surface area contributed by atoms with Gasteiger partial charge in [-0.3, -0.25) is 4.68 Å². The quantitative estimate of drug-likeness (QED) is 0.713. The summed E-state index contributed by atoms with van der Waals surface area (Å²) in [7, 11) is 1.88. The number of halogens is 1. The Balaban J connectivity index is 2.01. The van der Waals surface area contributed by atoms with Gasteiger partial charge in [-0.1, -0.05) is 23.7 Å². The first-order valence-electron chi connectivity index (χ1n) is 5.44. The van der Waals surface area contributed by atoms with E-state index < -0.39 is 0 Å². The Hall–Kier alpha value is -1.65. The van der Waals surface area contributed by atoms with Gasteiger partial charge in [0.2, 0.25) is 0 Å². The van der Waals surface area contributed by atoms with Crippen LogP contribution in [0.3, 0.4) is 0 Å². The summed E-state index contributed by atoms with van der Waals surface area (Å²) >= 11 is 7.89. The van der Waals surface area contributed by atoms with Crippen LogP contribution in [0, 0.1) is 0 Å². The first kappa shape index (κ1) is 11.4. The molecule has 0 spiro atoms. The van der Waals surface area contributed by atoms with Gasteiger partial charge in [0.05, 0.1) is 21.4 Å². The van der Waals surface area contributed by atoms with Crippen LogP contribution in [0.25, 0.3) is 21.3 Å². The molecule has 3 rings (SSSR count). The van der Waals surface area contributed by atoms with Crippen molar-refractivity contribution in [3.8, 4) is 0 Å². The first-order valence-corrected chi connectivity index (χ1v) is 6.63. The number of aromatic nitrogens is 3. The lowest BCUT2D eigenvalue weighted by molar-refractivity contribution is 0.767. The van der Waals surface area contributed by atoms with Crippen LogP contribution in [-0.4, -0.2) is 14.8 Å². The molecule has 0 bridgehead atoms. The van der Waals surface area contributed by atoms with Gasteiger partial charge in [0.25, 0.3) is 0 Å². The van der Waals surface area contributed by atoms with E-state index in [1.165, 1.54) is 0 Å². The van der Waals surface area contributed by atoms with E-state index in [9.17, 15) is 0 Å². The van der Waals surface area contributed by atoms with Crippen molar-refractivity contribution in [2.24, 2.45) is 7.05 Å². The Labute approximate surface area is 113 Å². The molecule has 0 fully saturated rings. The smallest absolute Gasteiger partial charge is 0.136 e. The minimum absolute atomic E-state index is 0.643. The predicted octanol–water partition coefficient (Wildman–Crippen LogP) is 3.77. The fourth-order valence-corrected chi connectivity index (χ4v) is 2.85. The third-order valence-corrected chi connectivity index (χ3v) is 3.99. The summed E-state index contributed by atoms with van der Waals surface area (Å²) in [6.45, 7) is 0. The number of para-hydroxylation sites is 1. The molecule has 0 amide bonds. The van der Waals surface area contributed by atoms with Crippen molar-refractivity contribution in [2.45, 2.75) is 0 Å². The highest BCUT2D eigenvalue weighted by atomic mass is 35.5. The average Bonchev–Trinajstić information content (AvgIpc) is 2.95. The van der Waals surface area contributed by atoms with Crippen LogP contribution in [-0.2, 0) is 7.05 Å². The fraction of sp³-hybridized carbons (Fsp3) is 0.0769. The number of hydrogen-bond acceptors (Lipinski definition) is 3. The van der Waals surface area contributed by atoms with Crippen molar-refractivity contribution in [1.29, 1.82) is 0 Å². The number of thiazole rings is 1. The summed E-state index contributed by atoms with van der Waals surface area (Å²) in [5, 5.41) is 5.58. The molecule has 0 radical (unpaired) electrons. The second-order valence-electron chi connectivity index (χ2n) is 3.93. The number of rotatable bonds is 2. The molecule has 0 aliphatic carbocycles. The number of nitrogens with zero attached hydrogens (tertiary/aromatic N) is 3. The lowest BCUT2D eigenvalue weighted by Crippen LogP contribution is -1.83. The highest BCUT2D eigenvalue weighted by Crippen LogP contribution is 2.30. The van der Waals surface area contributed by atoms with Gasteiger partial charge in [0.1, 0.15) is 5.01 Å². The monoisotopic (exact) mass is 275 g/mol. The Morgan fingerprint density at radius 3 is 2.94 bits per heavy atom. The normalized spacial score (nSPS) is 12.2. The predicted molar refractivity (Wildman–Crippen MR) is 76.6 cm³/mol. The van der Waals surface area contributed by atoms with Gasteiger partial charge in [-0.25, -0.2) is 4.98 Å². The number of fused-ring (bicyclic) bond motifs is 1. The van der Waals surface area contributed by atoms with Gasteiger partial charge in [-0.2, -0.15) is 5.10 Å². The van der Waals surface area contributed by atoms with E-state index in [0.29, 0.717) is 5.03 Å². The van der Waals surface area contributed by atoms with E-state index >= 15 is 0 Å². The lowest BCUT2D eigenvalue weighted by atomic mass is 10.3. The Kier molecular flexibility index (Phi) is 2.89. The zero-order chi connectivity index (χ0) is 12.5. The summed E-state index contributed by atoms with van der Waals surface area (Å²) in [5.74, 6) is 0. The molecule has 0 aliphatic rings. The van der Waals surface area contributed by atoms with Gasteiger partial charge in [-0.15, -0.1) is 11.3 Å². The molecular formula is C13H10ClN3S. The van der Waals surface area contributed by atoms with E-state index in [1.54, 1.807) is 22.2 Å². The SMILES string of the molecule is Cn1cc(/C=C(\Cl)c2nc3ccccc3s2)cn1. The largest absolute Gasteiger partial charge is 0.275 e. The van der Waals surface area contributed by atoms with Crippen LogP contribution in [0.2, 0.25) is 0 Å². The molecule has 2 aromatic heterocycles. The van der Waals surface area contributed by atoms with Crippen LogP contribution in [0.4, 0.5) is 0 Å². The molecule has 0 unspecified atom stereocenters. The van der Waals surface area contributed by atoms with E-state index in [0.717, 1.165) is 20.8 Å². The van der Waals surface area contributed by atoms with Crippen molar-refractivity contribution in [2.75, 3.05) is 0 Å². The summed E-state index contributed by atoms with van der Waals surface area (Å²) in [5.41, 5.74) is 1.96. The maximum Gasteiger partial charge on any atom is 0.136 e. The number of aryl methyl sites for hydroxylation is 1. The first-order chi connectivity index (χ1) is 8.72. The van der Waals surface area contributed by atoms with Crippen LogP contribution in [0.15, 0.2) is 36.7 Å². The van der Waals surface area contributed by atoms with Crippen molar-refractivity contribution in [1.82, 2.24) is 14.8 Å². The van der Waals surface area contributed by atoms with Gasteiger partial charge < -0.3 is 0 Å². The minimum Gasteiger partial charge on any atom is -0.275 e. The Bertz CT molecular complexity index is 694. The molecule has 0 saturated heterocycles. The molecule has 0 saturated carbocycles. The van der Waals surface area contributed by atoms with Gasteiger partial charge in [-0.05, 0) is 18.2 Å². The molecule has 0 N–H and O–H groups in total. The van der Waals surface area contributed by atoms with Crippen molar-refractivity contribution < 1.29 is 0 Å². The summed E-state index contributed by atoms with van der Waals surface area (Å²) in [6, 6.07) is 8.02. The lowest BCUT2D eigenvalue weighted by Gasteiger charge is -1.90. The van der Waals surface area contributed by atoms with Crippen molar-refractivity contribution in [3.63, 3.8) is 0 Å². The molecule has 3 aromatic rings. The molecule has 0 aliphatic heterocycles. The second kappa shape index (κ2) is 4.55. The third kappa shape index (κ3) is 2.17. The Morgan fingerprint density at radius 2 is 2.22 bits per heavy atom. The topological polar surface area (TPSA) is 30.7 Å². The standard InChI is InChI=1S/C13H10ClN3S/c1-17-8-9(7-15-17)6-10(14)13-16-11-4-2-3-5-12(11)18-13/h2-8H,1H3/b10-6-. The summed E-state index contributed by atoms with van der Waals surface area (Å²) in [4.78, 5) is 4.51. The molecule has 1 aromatic carbocycles. The molecular weight excluding hydrogens is 266 g/mol. The third-order valence-electron chi connectivity index (χ3n) is 2.52. The van der Waals surface area contributed by atoms with Gasteiger partial charge >= 0.3 is 0 Å². The second-order valence-corrected chi connectivity index (χ2v) is 5.36. The fourth-order valence-electron chi connectivity index (χ4n) is 1.70. The van der Waals surface area contributed by atoms with Gasteiger partial charge in [0, 0.05) is 18.8 Å². The molecule has 90 valence electrons. The zero-order valence-corrected chi connectivity index (χ0v) is 11.2. The minimum atomic E-state index is 0.643. The zero-order valence-electron chi connectivity index (χ0n) is 9.67. The van der Waals surface area contributed by atoms with E-state index in [2.05, 4.69) is 10.1 Å². The van der Waals surface area contributed by atoms with Gasteiger partial charge in [0.15, 0.2) is 0 Å². The van der Waals surface area contributed by atoms with Crippen LogP contribution >= 0.6 is 22.9 Å². The van der Waals surface area contributed by atoms with E-state index in [1.807, 2.05) is 43.6 Å². The number of benzene rings is 1. The summed E-state index contributed by atoms with van der Waals surface area (Å²) < 4.78 is 2.89. The highest BCUT2D eigenvalue weighted by molar-refractivity contribution is 7.20. The molecule has 0 atom stereocenters. The maximum atomic E-state index is 6.29. The highest BCUT2D eigenvalue weighted by Gasteiger charge is 2.06. The molecule has 18 heavy (non-hydrogen) atoms. The average molecular weight is 276 g/mol. The Morgan fingerprint density at radius 1 is 1.39 bits per heavy atom. The van der Waals surface area contributed by atoms with Crippen LogP contribution < -0.4 is 0 Å². The van der Waals surface area contributed by atoms with E-state index in [-0.39, 0.29) is 0 Å². The summed E-state index contributed by atoms with van der Waals surface area (Å²) in [6.07, 6.45) is 5.57. The van der Waals surface area contributed by atoms with Crippen LogP contribution in [0.5, 0.6) is 0 Å². The number of hydrogen-bond donors (Lipinski definition) is 0. The molecule has 2 heterocycles. The maximum absolute atomic E-state index is 6.29.